The van der Waals surface area contributed by atoms with Crippen molar-refractivity contribution in [1.82, 2.24) is 0 Å². The monoisotopic (exact) mass is 274 g/mol. The predicted octanol–water partition coefficient (Wildman–Crippen LogP) is 3.71. The summed E-state index contributed by atoms with van der Waals surface area (Å²) < 4.78 is 17.1. The van der Waals surface area contributed by atoms with E-state index in [4.69, 9.17) is 13.3 Å². The SMILES string of the molecule is C=CCCO[SiH](OCCCCC)OCCCCC. The van der Waals surface area contributed by atoms with Gasteiger partial charge in [-0.3, -0.25) is 0 Å². The molecule has 0 aromatic rings. The normalized spacial score (nSPS) is 11.1. The maximum absolute atomic E-state index is 5.73. The van der Waals surface area contributed by atoms with Crippen LogP contribution in [0.2, 0.25) is 0 Å². The van der Waals surface area contributed by atoms with Crippen LogP contribution in [0.4, 0.5) is 0 Å². The molecule has 0 atom stereocenters. The van der Waals surface area contributed by atoms with E-state index in [-0.39, 0.29) is 0 Å². The lowest BCUT2D eigenvalue weighted by Crippen LogP contribution is -2.28. The van der Waals surface area contributed by atoms with Crippen molar-refractivity contribution in [2.75, 3.05) is 19.8 Å². The van der Waals surface area contributed by atoms with Gasteiger partial charge in [0.15, 0.2) is 0 Å². The predicted molar refractivity (Wildman–Crippen MR) is 78.9 cm³/mol. The van der Waals surface area contributed by atoms with Gasteiger partial charge >= 0.3 is 9.53 Å². The Hall–Kier alpha value is -0.163. The van der Waals surface area contributed by atoms with Gasteiger partial charge in [-0.1, -0.05) is 45.6 Å². The van der Waals surface area contributed by atoms with Gasteiger partial charge in [0.25, 0.3) is 0 Å². The highest BCUT2D eigenvalue weighted by molar-refractivity contribution is 6.36. The van der Waals surface area contributed by atoms with Crippen LogP contribution in [-0.4, -0.2) is 29.3 Å². The lowest BCUT2D eigenvalue weighted by Gasteiger charge is -2.16. The van der Waals surface area contributed by atoms with Gasteiger partial charge in [-0.25, -0.2) is 0 Å². The van der Waals surface area contributed by atoms with Gasteiger partial charge in [0.05, 0.1) is 0 Å². The van der Waals surface area contributed by atoms with Gasteiger partial charge in [-0.15, -0.1) is 6.58 Å². The molecule has 18 heavy (non-hydrogen) atoms. The maximum Gasteiger partial charge on any atom is 0.484 e. The van der Waals surface area contributed by atoms with E-state index in [1.165, 1.54) is 25.7 Å². The van der Waals surface area contributed by atoms with E-state index < -0.39 is 9.53 Å². The van der Waals surface area contributed by atoms with Crippen LogP contribution in [-0.2, 0) is 13.3 Å². The average Bonchev–Trinajstić information content (AvgIpc) is 2.39. The highest BCUT2D eigenvalue weighted by Gasteiger charge is 2.14. The number of hydrogen-bond acceptors (Lipinski definition) is 3. The van der Waals surface area contributed by atoms with E-state index in [0.717, 1.165) is 32.5 Å². The van der Waals surface area contributed by atoms with E-state index in [9.17, 15) is 0 Å². The highest BCUT2D eigenvalue weighted by atomic mass is 28.3. The number of rotatable bonds is 14. The van der Waals surface area contributed by atoms with Crippen molar-refractivity contribution in [3.8, 4) is 0 Å². The van der Waals surface area contributed by atoms with Gasteiger partial charge in [-0.05, 0) is 19.3 Å². The molecule has 0 N–H and O–H groups in total. The second kappa shape index (κ2) is 14.9. The van der Waals surface area contributed by atoms with Crippen LogP contribution < -0.4 is 0 Å². The molecule has 0 saturated heterocycles. The summed E-state index contributed by atoms with van der Waals surface area (Å²) in [4.78, 5) is 0. The first-order valence-electron chi connectivity index (χ1n) is 7.30. The van der Waals surface area contributed by atoms with Crippen LogP contribution in [0.1, 0.15) is 58.8 Å². The quantitative estimate of drug-likeness (QED) is 0.274. The molecule has 3 nitrogen and oxygen atoms in total. The van der Waals surface area contributed by atoms with Crippen LogP contribution >= 0.6 is 0 Å². The molecule has 0 bridgehead atoms. The molecule has 0 amide bonds. The van der Waals surface area contributed by atoms with E-state index in [0.29, 0.717) is 6.61 Å². The van der Waals surface area contributed by atoms with Crippen molar-refractivity contribution < 1.29 is 13.3 Å². The van der Waals surface area contributed by atoms with Crippen LogP contribution in [0.5, 0.6) is 0 Å². The zero-order valence-corrected chi connectivity index (χ0v) is 13.3. The summed E-state index contributed by atoms with van der Waals surface area (Å²) in [6.45, 7) is 10.3. The molecule has 0 aromatic heterocycles. The number of unbranched alkanes of at least 4 members (excludes halogenated alkanes) is 4. The minimum atomic E-state index is -1.90. The minimum absolute atomic E-state index is 0.669. The lowest BCUT2D eigenvalue weighted by molar-refractivity contribution is 0.0916. The molecule has 0 aliphatic rings. The summed E-state index contributed by atoms with van der Waals surface area (Å²) >= 11 is 0. The van der Waals surface area contributed by atoms with Crippen molar-refractivity contribution in [2.24, 2.45) is 0 Å². The highest BCUT2D eigenvalue weighted by Crippen LogP contribution is 2.02. The summed E-state index contributed by atoms with van der Waals surface area (Å²) in [7, 11) is -1.90. The molecule has 0 saturated carbocycles. The average molecular weight is 274 g/mol. The zero-order valence-electron chi connectivity index (χ0n) is 12.2. The van der Waals surface area contributed by atoms with E-state index in [1.807, 2.05) is 6.08 Å². The van der Waals surface area contributed by atoms with Crippen molar-refractivity contribution in [1.29, 1.82) is 0 Å². The zero-order chi connectivity index (χ0) is 13.5. The van der Waals surface area contributed by atoms with Gasteiger partial charge in [0.1, 0.15) is 0 Å². The summed E-state index contributed by atoms with van der Waals surface area (Å²) in [5.74, 6) is 0. The Morgan fingerprint density at radius 2 is 1.33 bits per heavy atom. The standard InChI is InChI=1S/C14H30O3Si/c1-4-7-10-13-16-18(15-12-9-6-3)17-14-11-8-5-2/h6,18H,3-5,7-14H2,1-2H3. The molecule has 0 rings (SSSR count). The van der Waals surface area contributed by atoms with Crippen molar-refractivity contribution in [2.45, 2.75) is 58.8 Å². The molecule has 0 spiro atoms. The first kappa shape index (κ1) is 17.8. The van der Waals surface area contributed by atoms with E-state index in [1.54, 1.807) is 0 Å². The summed E-state index contributed by atoms with van der Waals surface area (Å²) in [5, 5.41) is 0. The van der Waals surface area contributed by atoms with E-state index >= 15 is 0 Å². The molecule has 0 aliphatic heterocycles. The fraction of sp³-hybridized carbons (Fsp3) is 0.857. The molecule has 108 valence electrons. The third-order valence-electron chi connectivity index (χ3n) is 2.58. The fourth-order valence-corrected chi connectivity index (χ4v) is 2.79. The van der Waals surface area contributed by atoms with Crippen LogP contribution in [0, 0.1) is 0 Å². The first-order chi connectivity index (χ1) is 8.85. The van der Waals surface area contributed by atoms with Gasteiger partial charge in [0.2, 0.25) is 0 Å². The second-order valence-electron chi connectivity index (χ2n) is 4.39. The smallest absolute Gasteiger partial charge is 0.376 e. The Labute approximate surface area is 114 Å². The van der Waals surface area contributed by atoms with Crippen LogP contribution in [0.25, 0.3) is 0 Å². The largest absolute Gasteiger partial charge is 0.484 e. The van der Waals surface area contributed by atoms with E-state index in [2.05, 4.69) is 20.4 Å². The third-order valence-corrected chi connectivity index (χ3v) is 4.10. The second-order valence-corrected chi connectivity index (χ2v) is 5.97. The number of hydrogen-bond donors (Lipinski definition) is 0. The van der Waals surface area contributed by atoms with Gasteiger partial charge in [0, 0.05) is 19.8 Å². The molecule has 0 aromatic carbocycles. The first-order valence-corrected chi connectivity index (χ1v) is 8.72. The Kier molecular flexibility index (Phi) is 14.8. The Bertz CT molecular complexity index is 164. The molecule has 0 heterocycles. The fourth-order valence-electron chi connectivity index (χ4n) is 1.46. The third kappa shape index (κ3) is 12.3. The Morgan fingerprint density at radius 3 is 1.78 bits per heavy atom. The topological polar surface area (TPSA) is 27.7 Å². The Morgan fingerprint density at radius 1 is 0.833 bits per heavy atom. The van der Waals surface area contributed by atoms with Crippen molar-refractivity contribution in [3.05, 3.63) is 12.7 Å². The van der Waals surface area contributed by atoms with Crippen LogP contribution in [0.3, 0.4) is 0 Å². The summed E-state index contributed by atoms with van der Waals surface area (Å²) in [6, 6.07) is 0. The van der Waals surface area contributed by atoms with Crippen molar-refractivity contribution in [3.63, 3.8) is 0 Å². The van der Waals surface area contributed by atoms with Crippen molar-refractivity contribution >= 4 is 9.53 Å². The van der Waals surface area contributed by atoms with Crippen LogP contribution in [0.15, 0.2) is 12.7 Å². The molecular formula is C14H30O3Si. The molecule has 0 fully saturated rings. The maximum atomic E-state index is 5.73. The lowest BCUT2D eigenvalue weighted by atomic mass is 10.3. The van der Waals surface area contributed by atoms with Gasteiger partial charge in [-0.2, -0.15) is 0 Å². The minimum Gasteiger partial charge on any atom is -0.376 e. The molecule has 4 heteroatoms. The molecule has 0 aliphatic carbocycles. The van der Waals surface area contributed by atoms with Gasteiger partial charge < -0.3 is 13.3 Å². The summed E-state index contributed by atoms with van der Waals surface area (Å²) in [6.07, 6.45) is 9.77. The molecular weight excluding hydrogens is 244 g/mol. The Balaban J connectivity index is 3.65. The molecule has 0 radical (unpaired) electrons. The summed E-state index contributed by atoms with van der Waals surface area (Å²) in [5.41, 5.74) is 0. The molecule has 0 unspecified atom stereocenters.